The number of nitrogens with one attached hydrogen (secondary N) is 2. The summed E-state index contributed by atoms with van der Waals surface area (Å²) in [5.41, 5.74) is 3.81. The quantitative estimate of drug-likeness (QED) is 0.293. The highest BCUT2D eigenvalue weighted by atomic mass is 16.7. The van der Waals surface area contributed by atoms with Crippen molar-refractivity contribution in [3.05, 3.63) is 108 Å². The van der Waals surface area contributed by atoms with E-state index in [-0.39, 0.29) is 31.3 Å². The summed E-state index contributed by atoms with van der Waals surface area (Å²) in [6, 6.07) is 25.3. The van der Waals surface area contributed by atoms with Gasteiger partial charge in [-0.3, -0.25) is 10.1 Å². The Kier molecular flexibility index (Phi) is 9.46. The number of aliphatic hydroxyl groups is 1. The van der Waals surface area contributed by atoms with E-state index in [1.165, 1.54) is 6.08 Å². The van der Waals surface area contributed by atoms with Gasteiger partial charge in [0.1, 0.15) is 12.1 Å². The minimum atomic E-state index is -0.613. The minimum Gasteiger partial charge on any atom is -0.445 e. The highest BCUT2D eigenvalue weighted by Gasteiger charge is 2.50. The molecular formula is C35H40N4O6. The lowest BCUT2D eigenvalue weighted by Gasteiger charge is -2.45. The summed E-state index contributed by atoms with van der Waals surface area (Å²) in [6.07, 6.45) is 2.15. The van der Waals surface area contributed by atoms with Crippen molar-refractivity contribution in [3.8, 4) is 0 Å². The smallest absolute Gasteiger partial charge is 0.411 e. The second-order valence-corrected chi connectivity index (χ2v) is 11.7. The van der Waals surface area contributed by atoms with E-state index in [0.717, 1.165) is 48.3 Å². The molecule has 3 aliphatic heterocycles. The van der Waals surface area contributed by atoms with Crippen LogP contribution in [0.15, 0.2) is 91.5 Å². The van der Waals surface area contributed by atoms with E-state index in [2.05, 4.69) is 39.1 Å². The van der Waals surface area contributed by atoms with Gasteiger partial charge >= 0.3 is 6.09 Å². The molecule has 3 N–H and O–H groups in total. The fourth-order valence-electron chi connectivity index (χ4n) is 6.47. The van der Waals surface area contributed by atoms with E-state index in [1.807, 2.05) is 54.6 Å². The molecular weight excluding hydrogens is 572 g/mol. The van der Waals surface area contributed by atoms with Crippen LogP contribution in [-0.2, 0) is 25.6 Å². The second-order valence-electron chi connectivity index (χ2n) is 11.7. The second kappa shape index (κ2) is 13.8. The van der Waals surface area contributed by atoms with Gasteiger partial charge in [-0.2, -0.15) is 0 Å². The molecule has 10 nitrogen and oxygen atoms in total. The number of anilines is 2. The number of aliphatic hydroxyl groups excluding tert-OH is 1. The number of rotatable bonds is 9. The van der Waals surface area contributed by atoms with Gasteiger partial charge in [0.25, 0.3) is 0 Å². The van der Waals surface area contributed by atoms with Crippen molar-refractivity contribution in [3.63, 3.8) is 0 Å². The predicted octanol–water partition coefficient (Wildman–Crippen LogP) is 4.89. The molecule has 45 heavy (non-hydrogen) atoms. The lowest BCUT2D eigenvalue weighted by molar-refractivity contribution is -0.253. The Morgan fingerprint density at radius 1 is 1.02 bits per heavy atom. The van der Waals surface area contributed by atoms with Crippen LogP contribution in [0, 0.1) is 0 Å². The largest absolute Gasteiger partial charge is 0.445 e. The highest BCUT2D eigenvalue weighted by molar-refractivity contribution is 5.93. The van der Waals surface area contributed by atoms with Gasteiger partial charge in [-0.1, -0.05) is 67.3 Å². The first-order valence-electron chi connectivity index (χ1n) is 15.5. The summed E-state index contributed by atoms with van der Waals surface area (Å²) in [5, 5.41) is 15.3. The van der Waals surface area contributed by atoms with E-state index < -0.39 is 17.9 Å². The van der Waals surface area contributed by atoms with Crippen LogP contribution < -0.4 is 15.5 Å². The minimum absolute atomic E-state index is 0.0160. The highest BCUT2D eigenvalue weighted by Crippen LogP contribution is 2.40. The van der Waals surface area contributed by atoms with E-state index in [4.69, 9.17) is 14.2 Å². The molecule has 3 unspecified atom stereocenters. The lowest BCUT2D eigenvalue weighted by atomic mass is 9.85. The maximum atomic E-state index is 13.1. The number of carbonyl (C=O) groups excluding carboxylic acids is 2. The molecule has 3 atom stereocenters. The van der Waals surface area contributed by atoms with Crippen LogP contribution in [0.3, 0.4) is 0 Å². The fourth-order valence-corrected chi connectivity index (χ4v) is 6.47. The van der Waals surface area contributed by atoms with Crippen molar-refractivity contribution in [2.45, 2.75) is 49.9 Å². The summed E-state index contributed by atoms with van der Waals surface area (Å²) >= 11 is 0. The van der Waals surface area contributed by atoms with Crippen LogP contribution in [0.4, 0.5) is 16.2 Å². The maximum Gasteiger partial charge on any atom is 0.411 e. The number of ether oxygens (including phenoxy) is 3. The third kappa shape index (κ3) is 6.89. The molecule has 3 fully saturated rings. The normalized spacial score (nSPS) is 23.0. The molecule has 0 aromatic heterocycles. The number of benzene rings is 3. The average Bonchev–Trinajstić information content (AvgIpc) is 3.40. The first-order valence-corrected chi connectivity index (χ1v) is 15.5. The SMILES string of the molecule is C=CCOC(=O)Nc1ccc(C2OC(CN3CCC4(CC3)C(=O)NCN4c3ccccc3)CC(c3ccc(CO)cc3)O2)cc1. The van der Waals surface area contributed by atoms with Crippen LogP contribution in [0.5, 0.6) is 0 Å². The number of likely N-dealkylation sites (tertiary alicyclic amines) is 1. The molecule has 0 aliphatic carbocycles. The van der Waals surface area contributed by atoms with Crippen molar-refractivity contribution >= 4 is 23.4 Å². The van der Waals surface area contributed by atoms with Crippen molar-refractivity contribution in [1.82, 2.24) is 10.2 Å². The van der Waals surface area contributed by atoms with Gasteiger partial charge in [0.15, 0.2) is 6.29 Å². The Morgan fingerprint density at radius 2 is 1.73 bits per heavy atom. The molecule has 6 rings (SSSR count). The van der Waals surface area contributed by atoms with Gasteiger partial charge in [0, 0.05) is 43.0 Å². The van der Waals surface area contributed by atoms with Crippen LogP contribution >= 0.6 is 0 Å². The number of hydrogen-bond donors (Lipinski definition) is 3. The molecule has 3 heterocycles. The summed E-state index contributed by atoms with van der Waals surface area (Å²) in [5.74, 6) is 0.103. The van der Waals surface area contributed by atoms with Crippen LogP contribution in [0.25, 0.3) is 0 Å². The molecule has 3 aliphatic rings. The topological polar surface area (TPSA) is 113 Å². The van der Waals surface area contributed by atoms with Gasteiger partial charge in [-0.05, 0) is 48.2 Å². The van der Waals surface area contributed by atoms with Crippen LogP contribution in [0.1, 0.15) is 48.3 Å². The number of nitrogens with zero attached hydrogens (tertiary/aromatic N) is 2. The van der Waals surface area contributed by atoms with E-state index in [9.17, 15) is 14.7 Å². The summed E-state index contributed by atoms with van der Waals surface area (Å²) < 4.78 is 18.1. The summed E-state index contributed by atoms with van der Waals surface area (Å²) in [7, 11) is 0. The van der Waals surface area contributed by atoms with Gasteiger partial charge in [-0.25, -0.2) is 4.79 Å². The molecule has 3 aromatic rings. The molecule has 2 amide bonds. The monoisotopic (exact) mass is 612 g/mol. The Balaban J connectivity index is 1.15. The molecule has 1 spiro atoms. The number of para-hydroxylation sites is 1. The number of hydrogen-bond acceptors (Lipinski definition) is 8. The zero-order valence-electron chi connectivity index (χ0n) is 25.3. The first-order chi connectivity index (χ1) is 22.0. The molecule has 10 heteroatoms. The Morgan fingerprint density at radius 3 is 2.42 bits per heavy atom. The maximum absolute atomic E-state index is 13.1. The Hall–Kier alpha value is -4.22. The third-order valence-electron chi connectivity index (χ3n) is 8.93. The molecule has 0 saturated carbocycles. The molecule has 236 valence electrons. The number of piperidine rings is 1. The van der Waals surface area contributed by atoms with Crippen LogP contribution in [-0.4, -0.2) is 66.6 Å². The molecule has 0 radical (unpaired) electrons. The standard InChI is InChI=1S/C35H40N4O6/c1-2-20-43-34(42)37-28-14-12-27(13-15-28)32-44-30(21-31(45-32)26-10-8-25(23-40)9-11-26)22-38-18-16-35(17-19-38)33(41)36-24-39(35)29-6-4-3-5-7-29/h2-15,30-32,40H,1,16-24H2,(H,36,41)(H,37,42). The van der Waals surface area contributed by atoms with Crippen LogP contribution in [0.2, 0.25) is 0 Å². The van der Waals surface area contributed by atoms with Crippen molar-refractivity contribution in [2.75, 3.05) is 43.1 Å². The zero-order chi connectivity index (χ0) is 31.2. The Bertz CT molecular complexity index is 1460. The van der Waals surface area contributed by atoms with Gasteiger partial charge in [0.05, 0.1) is 25.5 Å². The summed E-state index contributed by atoms with van der Waals surface area (Å²) in [4.78, 5) is 29.7. The lowest BCUT2D eigenvalue weighted by Crippen LogP contribution is -2.57. The first kappa shape index (κ1) is 30.8. The van der Waals surface area contributed by atoms with Crippen molar-refractivity contribution < 1.29 is 28.9 Å². The van der Waals surface area contributed by atoms with Gasteiger partial charge < -0.3 is 34.4 Å². The van der Waals surface area contributed by atoms with Crippen molar-refractivity contribution in [1.29, 1.82) is 0 Å². The predicted molar refractivity (Wildman–Crippen MR) is 170 cm³/mol. The van der Waals surface area contributed by atoms with Gasteiger partial charge in [0.2, 0.25) is 5.91 Å². The third-order valence-corrected chi connectivity index (χ3v) is 8.93. The number of carbonyl (C=O) groups is 2. The van der Waals surface area contributed by atoms with Crippen molar-refractivity contribution in [2.24, 2.45) is 0 Å². The average molecular weight is 613 g/mol. The molecule has 0 bridgehead atoms. The van der Waals surface area contributed by atoms with E-state index in [1.54, 1.807) is 12.1 Å². The summed E-state index contributed by atoms with van der Waals surface area (Å²) in [6.45, 7) is 6.46. The van der Waals surface area contributed by atoms with E-state index >= 15 is 0 Å². The zero-order valence-corrected chi connectivity index (χ0v) is 25.3. The van der Waals surface area contributed by atoms with E-state index in [0.29, 0.717) is 25.3 Å². The van der Waals surface area contributed by atoms with Gasteiger partial charge in [-0.15, -0.1) is 0 Å². The molecule has 3 aromatic carbocycles. The Labute approximate surface area is 263 Å². The number of amides is 2. The molecule has 3 saturated heterocycles. The fraction of sp³-hybridized carbons (Fsp3) is 0.371.